The first-order valence-electron chi connectivity index (χ1n) is 7.79. The molecule has 1 N–H and O–H groups in total. The molecule has 0 atom stereocenters. The number of carbonyl (C=O) groups is 1. The Balaban J connectivity index is 1.78. The molecule has 1 aromatic carbocycles. The summed E-state index contributed by atoms with van der Waals surface area (Å²) in [6, 6.07) is 11.6. The van der Waals surface area contributed by atoms with Crippen molar-refractivity contribution in [3.05, 3.63) is 54.4 Å². The van der Waals surface area contributed by atoms with Gasteiger partial charge in [-0.1, -0.05) is 19.1 Å². The molecule has 0 aliphatic carbocycles. The van der Waals surface area contributed by atoms with E-state index in [-0.39, 0.29) is 5.91 Å². The van der Waals surface area contributed by atoms with Gasteiger partial charge in [0.15, 0.2) is 0 Å². The monoisotopic (exact) mass is 295 g/mol. The number of nitrogens with one attached hydrogen (secondary N) is 1. The molecule has 1 fully saturated rings. The minimum atomic E-state index is -0.120. The first-order valence-corrected chi connectivity index (χ1v) is 7.79. The van der Waals surface area contributed by atoms with Gasteiger partial charge < -0.3 is 10.2 Å². The summed E-state index contributed by atoms with van der Waals surface area (Å²) < 4.78 is 0. The van der Waals surface area contributed by atoms with Crippen molar-refractivity contribution in [3.8, 4) is 0 Å². The van der Waals surface area contributed by atoms with Gasteiger partial charge in [0.2, 0.25) is 0 Å². The molecule has 22 heavy (non-hydrogen) atoms. The summed E-state index contributed by atoms with van der Waals surface area (Å²) in [5.74, 6) is 0.666. The van der Waals surface area contributed by atoms with Crippen LogP contribution in [0.1, 0.15) is 30.1 Å². The summed E-state index contributed by atoms with van der Waals surface area (Å²) in [7, 11) is 0. The molecule has 1 saturated heterocycles. The van der Waals surface area contributed by atoms with Gasteiger partial charge in [-0.25, -0.2) is 0 Å². The van der Waals surface area contributed by atoms with Crippen LogP contribution in [0, 0.1) is 5.92 Å². The van der Waals surface area contributed by atoms with Crippen molar-refractivity contribution in [2.45, 2.75) is 19.8 Å². The number of nitrogens with zero attached hydrogens (tertiary/aromatic N) is 2. The molecule has 0 unspecified atom stereocenters. The average Bonchev–Trinajstić information content (AvgIpc) is 2.57. The molecule has 3 rings (SSSR count). The van der Waals surface area contributed by atoms with Crippen LogP contribution in [-0.4, -0.2) is 24.0 Å². The number of rotatable bonds is 3. The van der Waals surface area contributed by atoms with Gasteiger partial charge in [0.05, 0.1) is 16.9 Å². The Morgan fingerprint density at radius 3 is 2.68 bits per heavy atom. The van der Waals surface area contributed by atoms with Gasteiger partial charge in [0, 0.05) is 25.5 Å². The Morgan fingerprint density at radius 1 is 1.18 bits per heavy atom. The fraction of sp³-hybridized carbons (Fsp3) is 0.333. The predicted octanol–water partition coefficient (Wildman–Crippen LogP) is 3.57. The Bertz CT molecular complexity index is 634. The van der Waals surface area contributed by atoms with E-state index in [1.165, 1.54) is 12.8 Å². The van der Waals surface area contributed by atoms with Crippen LogP contribution in [-0.2, 0) is 0 Å². The standard InChI is InChI=1S/C18H21N3O/c1-14-8-11-21(12-9-14)17-7-3-2-6-16(17)20-18(22)15-5-4-10-19-13-15/h2-7,10,13-14H,8-9,11-12H2,1H3,(H,20,22). The number of carbonyl (C=O) groups excluding carboxylic acids is 1. The minimum absolute atomic E-state index is 0.120. The van der Waals surface area contributed by atoms with E-state index in [1.54, 1.807) is 24.5 Å². The lowest BCUT2D eigenvalue weighted by Crippen LogP contribution is -2.33. The quantitative estimate of drug-likeness (QED) is 0.941. The molecule has 114 valence electrons. The Morgan fingerprint density at radius 2 is 1.95 bits per heavy atom. The summed E-state index contributed by atoms with van der Waals surface area (Å²) >= 11 is 0. The average molecular weight is 295 g/mol. The minimum Gasteiger partial charge on any atom is -0.370 e. The van der Waals surface area contributed by atoms with Crippen LogP contribution in [0.5, 0.6) is 0 Å². The first kappa shape index (κ1) is 14.6. The fourth-order valence-electron chi connectivity index (χ4n) is 2.80. The summed E-state index contributed by atoms with van der Waals surface area (Å²) in [6.45, 7) is 4.38. The van der Waals surface area contributed by atoms with Gasteiger partial charge in [-0.3, -0.25) is 9.78 Å². The lowest BCUT2D eigenvalue weighted by molar-refractivity contribution is 0.102. The largest absolute Gasteiger partial charge is 0.370 e. The van der Waals surface area contributed by atoms with Gasteiger partial charge in [-0.2, -0.15) is 0 Å². The maximum atomic E-state index is 12.3. The van der Waals surface area contributed by atoms with Gasteiger partial charge in [-0.05, 0) is 43.0 Å². The van der Waals surface area contributed by atoms with E-state index in [4.69, 9.17) is 0 Å². The Labute approximate surface area is 131 Å². The number of para-hydroxylation sites is 2. The second-order valence-corrected chi connectivity index (χ2v) is 5.88. The lowest BCUT2D eigenvalue weighted by Gasteiger charge is -2.33. The van der Waals surface area contributed by atoms with E-state index < -0.39 is 0 Å². The normalized spacial score (nSPS) is 15.6. The van der Waals surface area contributed by atoms with Crippen LogP contribution >= 0.6 is 0 Å². The zero-order valence-electron chi connectivity index (χ0n) is 12.8. The molecule has 2 aromatic rings. The van der Waals surface area contributed by atoms with E-state index in [0.29, 0.717) is 5.56 Å². The van der Waals surface area contributed by atoms with Crippen molar-refractivity contribution in [2.24, 2.45) is 5.92 Å². The van der Waals surface area contributed by atoms with Crippen LogP contribution in [0.4, 0.5) is 11.4 Å². The van der Waals surface area contributed by atoms with Crippen LogP contribution in [0.2, 0.25) is 0 Å². The third kappa shape index (κ3) is 3.27. The molecule has 1 amide bonds. The van der Waals surface area contributed by atoms with Gasteiger partial charge >= 0.3 is 0 Å². The molecule has 0 radical (unpaired) electrons. The lowest BCUT2D eigenvalue weighted by atomic mass is 9.98. The highest BCUT2D eigenvalue weighted by molar-refractivity contribution is 6.05. The maximum Gasteiger partial charge on any atom is 0.257 e. The highest BCUT2D eigenvalue weighted by atomic mass is 16.1. The third-order valence-corrected chi connectivity index (χ3v) is 4.20. The van der Waals surface area contributed by atoms with Crippen molar-refractivity contribution in [1.82, 2.24) is 4.98 Å². The van der Waals surface area contributed by atoms with Gasteiger partial charge in [0.25, 0.3) is 5.91 Å². The highest BCUT2D eigenvalue weighted by Crippen LogP contribution is 2.29. The molecule has 0 spiro atoms. The third-order valence-electron chi connectivity index (χ3n) is 4.20. The predicted molar refractivity (Wildman–Crippen MR) is 89.2 cm³/mol. The van der Waals surface area contributed by atoms with E-state index >= 15 is 0 Å². The van der Waals surface area contributed by atoms with Crippen LogP contribution < -0.4 is 10.2 Å². The molecule has 2 heterocycles. The zero-order chi connectivity index (χ0) is 15.4. The summed E-state index contributed by atoms with van der Waals surface area (Å²) in [6.07, 6.45) is 5.65. The molecule has 0 saturated carbocycles. The number of aromatic nitrogens is 1. The van der Waals surface area contributed by atoms with E-state index in [1.807, 2.05) is 18.2 Å². The number of piperidine rings is 1. The molecule has 1 aliphatic rings. The Kier molecular flexibility index (Phi) is 4.37. The number of benzene rings is 1. The number of pyridine rings is 1. The summed E-state index contributed by atoms with van der Waals surface area (Å²) in [5.41, 5.74) is 2.54. The fourth-order valence-corrected chi connectivity index (χ4v) is 2.80. The van der Waals surface area contributed by atoms with Crippen molar-refractivity contribution in [2.75, 3.05) is 23.3 Å². The van der Waals surface area contributed by atoms with Crippen LogP contribution in [0.15, 0.2) is 48.8 Å². The second kappa shape index (κ2) is 6.60. The van der Waals surface area contributed by atoms with Crippen molar-refractivity contribution < 1.29 is 4.79 Å². The molecule has 4 nitrogen and oxygen atoms in total. The highest BCUT2D eigenvalue weighted by Gasteiger charge is 2.19. The summed E-state index contributed by atoms with van der Waals surface area (Å²) in [4.78, 5) is 18.7. The second-order valence-electron chi connectivity index (χ2n) is 5.88. The molecule has 1 aromatic heterocycles. The van der Waals surface area contributed by atoms with E-state index in [2.05, 4.69) is 28.2 Å². The number of hydrogen-bond acceptors (Lipinski definition) is 3. The molecular weight excluding hydrogens is 274 g/mol. The molecular formula is C18H21N3O. The van der Waals surface area contributed by atoms with Crippen molar-refractivity contribution in [3.63, 3.8) is 0 Å². The number of hydrogen-bond donors (Lipinski definition) is 1. The smallest absolute Gasteiger partial charge is 0.257 e. The van der Waals surface area contributed by atoms with E-state index in [9.17, 15) is 4.79 Å². The molecule has 1 aliphatic heterocycles. The number of anilines is 2. The molecule has 4 heteroatoms. The zero-order valence-corrected chi connectivity index (χ0v) is 12.8. The number of amides is 1. The maximum absolute atomic E-state index is 12.3. The van der Waals surface area contributed by atoms with Crippen molar-refractivity contribution in [1.29, 1.82) is 0 Å². The van der Waals surface area contributed by atoms with Crippen LogP contribution in [0.3, 0.4) is 0 Å². The SMILES string of the molecule is CC1CCN(c2ccccc2NC(=O)c2cccnc2)CC1. The molecule has 0 bridgehead atoms. The van der Waals surface area contributed by atoms with E-state index in [0.717, 1.165) is 30.4 Å². The Hall–Kier alpha value is -2.36. The van der Waals surface area contributed by atoms with Crippen molar-refractivity contribution >= 4 is 17.3 Å². The summed E-state index contributed by atoms with van der Waals surface area (Å²) in [5, 5.41) is 3.01. The van der Waals surface area contributed by atoms with Crippen LogP contribution in [0.25, 0.3) is 0 Å². The topological polar surface area (TPSA) is 45.2 Å². The van der Waals surface area contributed by atoms with Gasteiger partial charge in [0.1, 0.15) is 0 Å². The van der Waals surface area contributed by atoms with Gasteiger partial charge in [-0.15, -0.1) is 0 Å². The first-order chi connectivity index (χ1) is 10.7.